The molecule has 0 saturated carbocycles. The molecule has 5 nitrogen and oxygen atoms in total. The first kappa shape index (κ1) is 24.1. The summed E-state index contributed by atoms with van der Waals surface area (Å²) in [5, 5.41) is 4.42. The highest BCUT2D eigenvalue weighted by atomic mass is 16.5. The van der Waals surface area contributed by atoms with E-state index in [0.717, 1.165) is 50.3 Å². The Balaban J connectivity index is 1.17. The molecular formula is C31H35N3O2. The summed E-state index contributed by atoms with van der Waals surface area (Å²) in [7, 11) is 0. The standard InChI is InChI=1S/C31H35N3O2/c1-2-36-29-14-12-24(13-15-29)21-32-31(35)26-16-18-33(19-17-26)23-28-20-27-10-6-7-11-30(27)34(28)22-25-8-4-3-5-9-25/h3-15,20,26H,2,16-19,21-23H2,1H3,(H,32,35). The van der Waals surface area contributed by atoms with Crippen LogP contribution in [0.15, 0.2) is 84.9 Å². The summed E-state index contributed by atoms with van der Waals surface area (Å²) in [5.41, 5.74) is 5.01. The predicted molar refractivity (Wildman–Crippen MR) is 145 cm³/mol. The third-order valence-electron chi connectivity index (χ3n) is 7.12. The molecule has 0 atom stereocenters. The van der Waals surface area contributed by atoms with E-state index < -0.39 is 0 Å². The van der Waals surface area contributed by atoms with Crippen LogP contribution in [0.4, 0.5) is 0 Å². The summed E-state index contributed by atoms with van der Waals surface area (Å²) >= 11 is 0. The zero-order valence-corrected chi connectivity index (χ0v) is 21.0. The van der Waals surface area contributed by atoms with Gasteiger partial charge >= 0.3 is 0 Å². The van der Waals surface area contributed by atoms with E-state index in [1.165, 1.54) is 22.2 Å². The Labute approximate surface area is 213 Å². The van der Waals surface area contributed by atoms with Crippen LogP contribution in [0.2, 0.25) is 0 Å². The Morgan fingerprint density at radius 3 is 2.36 bits per heavy atom. The summed E-state index contributed by atoms with van der Waals surface area (Å²) in [6.07, 6.45) is 1.79. The number of fused-ring (bicyclic) bond motifs is 1. The van der Waals surface area contributed by atoms with E-state index in [4.69, 9.17) is 4.74 Å². The van der Waals surface area contributed by atoms with Gasteiger partial charge in [0.25, 0.3) is 0 Å². The molecule has 1 aliphatic rings. The highest BCUT2D eigenvalue weighted by Gasteiger charge is 2.25. The molecule has 0 radical (unpaired) electrons. The monoisotopic (exact) mass is 481 g/mol. The van der Waals surface area contributed by atoms with E-state index in [0.29, 0.717) is 13.2 Å². The Bertz CT molecular complexity index is 1270. The third kappa shape index (κ3) is 5.80. The summed E-state index contributed by atoms with van der Waals surface area (Å²) in [6, 6.07) is 29.6. The van der Waals surface area contributed by atoms with Crippen molar-refractivity contribution in [2.45, 2.75) is 39.4 Å². The molecular weight excluding hydrogens is 446 g/mol. The van der Waals surface area contributed by atoms with Crippen LogP contribution in [-0.2, 0) is 24.4 Å². The number of ether oxygens (including phenoxy) is 1. The highest BCUT2D eigenvalue weighted by molar-refractivity contribution is 5.81. The van der Waals surface area contributed by atoms with Gasteiger partial charge in [-0.15, -0.1) is 0 Å². The normalized spacial score (nSPS) is 14.7. The Hall–Kier alpha value is -3.57. The van der Waals surface area contributed by atoms with Crippen molar-refractivity contribution < 1.29 is 9.53 Å². The first-order valence-corrected chi connectivity index (χ1v) is 13.0. The average molecular weight is 482 g/mol. The average Bonchev–Trinajstić information content (AvgIpc) is 3.26. The molecule has 5 rings (SSSR count). The van der Waals surface area contributed by atoms with Crippen molar-refractivity contribution in [2.75, 3.05) is 19.7 Å². The van der Waals surface area contributed by atoms with Crippen LogP contribution in [-0.4, -0.2) is 35.1 Å². The van der Waals surface area contributed by atoms with Crippen LogP contribution < -0.4 is 10.1 Å². The van der Waals surface area contributed by atoms with Crippen molar-refractivity contribution >= 4 is 16.8 Å². The number of hydrogen-bond acceptors (Lipinski definition) is 3. The van der Waals surface area contributed by atoms with Gasteiger partial charge in [-0.3, -0.25) is 9.69 Å². The van der Waals surface area contributed by atoms with Crippen LogP contribution in [0.1, 0.15) is 36.6 Å². The molecule has 1 N–H and O–H groups in total. The van der Waals surface area contributed by atoms with E-state index in [2.05, 4.69) is 75.4 Å². The molecule has 0 aliphatic carbocycles. The van der Waals surface area contributed by atoms with Crippen molar-refractivity contribution in [2.24, 2.45) is 5.92 Å². The van der Waals surface area contributed by atoms with Crippen molar-refractivity contribution in [3.8, 4) is 5.75 Å². The van der Waals surface area contributed by atoms with Gasteiger partial charge in [-0.2, -0.15) is 0 Å². The minimum Gasteiger partial charge on any atom is -0.494 e. The molecule has 5 heteroatoms. The van der Waals surface area contributed by atoms with Gasteiger partial charge in [-0.1, -0.05) is 60.7 Å². The van der Waals surface area contributed by atoms with Gasteiger partial charge in [0, 0.05) is 36.8 Å². The molecule has 0 bridgehead atoms. The maximum Gasteiger partial charge on any atom is 0.223 e. The lowest BCUT2D eigenvalue weighted by molar-refractivity contribution is -0.126. The maximum absolute atomic E-state index is 12.8. The summed E-state index contributed by atoms with van der Waals surface area (Å²) < 4.78 is 7.94. The number of aromatic nitrogens is 1. The number of carbonyl (C=O) groups excluding carboxylic acids is 1. The lowest BCUT2D eigenvalue weighted by Crippen LogP contribution is -2.40. The van der Waals surface area contributed by atoms with Crippen LogP contribution in [0.25, 0.3) is 10.9 Å². The quantitative estimate of drug-likeness (QED) is 0.338. The van der Waals surface area contributed by atoms with Crippen molar-refractivity contribution in [1.29, 1.82) is 0 Å². The maximum atomic E-state index is 12.8. The zero-order chi connectivity index (χ0) is 24.7. The molecule has 2 heterocycles. The van der Waals surface area contributed by atoms with Crippen LogP contribution >= 0.6 is 0 Å². The largest absolute Gasteiger partial charge is 0.494 e. The van der Waals surface area contributed by atoms with E-state index in [9.17, 15) is 4.79 Å². The highest BCUT2D eigenvalue weighted by Crippen LogP contribution is 2.25. The van der Waals surface area contributed by atoms with E-state index in [1.807, 2.05) is 31.2 Å². The second-order valence-electron chi connectivity index (χ2n) is 9.61. The number of benzene rings is 3. The summed E-state index contributed by atoms with van der Waals surface area (Å²) in [4.78, 5) is 15.3. The molecule has 1 aromatic heterocycles. The number of nitrogens with zero attached hydrogens (tertiary/aromatic N) is 2. The number of para-hydroxylation sites is 1. The van der Waals surface area contributed by atoms with Crippen LogP contribution in [0, 0.1) is 5.92 Å². The van der Waals surface area contributed by atoms with E-state index >= 15 is 0 Å². The van der Waals surface area contributed by atoms with Crippen molar-refractivity contribution in [3.05, 3.63) is 102 Å². The van der Waals surface area contributed by atoms with Crippen molar-refractivity contribution in [3.63, 3.8) is 0 Å². The fourth-order valence-corrected chi connectivity index (χ4v) is 5.14. The Morgan fingerprint density at radius 2 is 1.61 bits per heavy atom. The van der Waals surface area contributed by atoms with E-state index in [-0.39, 0.29) is 11.8 Å². The zero-order valence-electron chi connectivity index (χ0n) is 21.0. The van der Waals surface area contributed by atoms with Gasteiger partial charge in [0.2, 0.25) is 5.91 Å². The number of piperidine rings is 1. The number of amides is 1. The fourth-order valence-electron chi connectivity index (χ4n) is 5.14. The molecule has 1 amide bonds. The third-order valence-corrected chi connectivity index (χ3v) is 7.12. The lowest BCUT2D eigenvalue weighted by Gasteiger charge is -2.31. The fraction of sp³-hybridized carbons (Fsp3) is 0.323. The van der Waals surface area contributed by atoms with Gasteiger partial charge in [-0.05, 0) is 73.6 Å². The molecule has 1 saturated heterocycles. The summed E-state index contributed by atoms with van der Waals surface area (Å²) in [6.45, 7) is 6.84. The molecule has 36 heavy (non-hydrogen) atoms. The molecule has 1 fully saturated rings. The topological polar surface area (TPSA) is 46.5 Å². The minimum absolute atomic E-state index is 0.0825. The smallest absolute Gasteiger partial charge is 0.223 e. The number of likely N-dealkylation sites (tertiary alicyclic amines) is 1. The first-order valence-electron chi connectivity index (χ1n) is 13.0. The summed E-state index contributed by atoms with van der Waals surface area (Å²) in [5.74, 6) is 1.11. The number of carbonyl (C=O) groups is 1. The molecule has 4 aromatic rings. The van der Waals surface area contributed by atoms with Crippen LogP contribution in [0.5, 0.6) is 5.75 Å². The van der Waals surface area contributed by atoms with E-state index in [1.54, 1.807) is 0 Å². The second-order valence-corrected chi connectivity index (χ2v) is 9.61. The van der Waals surface area contributed by atoms with Gasteiger partial charge in [-0.25, -0.2) is 0 Å². The molecule has 0 spiro atoms. The predicted octanol–water partition coefficient (Wildman–Crippen LogP) is 5.62. The van der Waals surface area contributed by atoms with Crippen LogP contribution in [0.3, 0.4) is 0 Å². The SMILES string of the molecule is CCOc1ccc(CNC(=O)C2CCN(Cc3cc4ccccc4n3Cc3ccccc3)CC2)cc1. The minimum atomic E-state index is 0.0825. The lowest BCUT2D eigenvalue weighted by atomic mass is 9.95. The van der Waals surface area contributed by atoms with Gasteiger partial charge < -0.3 is 14.6 Å². The Kier molecular flexibility index (Phi) is 7.67. The molecule has 0 unspecified atom stereocenters. The second kappa shape index (κ2) is 11.4. The number of nitrogens with one attached hydrogen (secondary N) is 1. The van der Waals surface area contributed by atoms with Gasteiger partial charge in [0.1, 0.15) is 5.75 Å². The van der Waals surface area contributed by atoms with Gasteiger partial charge in [0.05, 0.1) is 6.61 Å². The molecule has 3 aromatic carbocycles. The first-order chi connectivity index (χ1) is 17.7. The molecule has 1 aliphatic heterocycles. The number of rotatable bonds is 9. The number of hydrogen-bond donors (Lipinski definition) is 1. The van der Waals surface area contributed by atoms with Crippen molar-refractivity contribution in [1.82, 2.24) is 14.8 Å². The molecule has 186 valence electrons. The van der Waals surface area contributed by atoms with Gasteiger partial charge in [0.15, 0.2) is 0 Å². The Morgan fingerprint density at radius 1 is 0.889 bits per heavy atom.